The van der Waals surface area contributed by atoms with E-state index in [2.05, 4.69) is 43.5 Å². The van der Waals surface area contributed by atoms with Crippen molar-refractivity contribution in [1.29, 1.82) is 0 Å². The van der Waals surface area contributed by atoms with E-state index in [9.17, 15) is 4.79 Å². The molecule has 3 aromatic rings. The molecule has 1 aliphatic rings. The van der Waals surface area contributed by atoms with Gasteiger partial charge in [-0.2, -0.15) is 15.0 Å². The Balaban J connectivity index is 1.43. The molecular formula is C22H27N7O2. The molecule has 31 heavy (non-hydrogen) atoms. The smallest absolute Gasteiger partial charge is 0.237 e. The van der Waals surface area contributed by atoms with Crippen molar-refractivity contribution < 1.29 is 9.21 Å². The first-order chi connectivity index (χ1) is 15.1. The van der Waals surface area contributed by atoms with Crippen molar-refractivity contribution in [3.8, 4) is 0 Å². The van der Waals surface area contributed by atoms with Crippen LogP contribution in [0.3, 0.4) is 0 Å². The first-order valence-electron chi connectivity index (χ1n) is 10.5. The molecule has 0 spiro atoms. The van der Waals surface area contributed by atoms with Gasteiger partial charge in [0, 0.05) is 5.69 Å². The lowest BCUT2D eigenvalue weighted by Gasteiger charge is -2.23. The molecule has 3 heterocycles. The zero-order chi connectivity index (χ0) is 21.6. The molecule has 1 fully saturated rings. The van der Waals surface area contributed by atoms with E-state index >= 15 is 0 Å². The minimum absolute atomic E-state index is 0.0221. The van der Waals surface area contributed by atoms with Crippen LogP contribution in [0.25, 0.3) is 0 Å². The highest BCUT2D eigenvalue weighted by Crippen LogP contribution is 2.22. The van der Waals surface area contributed by atoms with E-state index in [-0.39, 0.29) is 17.9 Å². The summed E-state index contributed by atoms with van der Waals surface area (Å²) in [5.41, 5.74) is 8.05. The second-order valence-corrected chi connectivity index (χ2v) is 7.49. The standard InChI is InChI=1S/C22H27N7O2/c1-2-15-7-3-4-9-17(15)25-22-27-19(26-21(23)28-22)14-29-11-5-10-18(29)20(30)24-13-16-8-6-12-31-16/h3-4,6-9,12,18H,2,5,10-11,13-14H2,1H3,(H,24,30)(H3,23,25,26,27,28)/t18-/m1/s1. The Morgan fingerprint density at radius 3 is 2.90 bits per heavy atom. The summed E-state index contributed by atoms with van der Waals surface area (Å²) in [6, 6.07) is 11.4. The summed E-state index contributed by atoms with van der Waals surface area (Å²) < 4.78 is 5.28. The maximum atomic E-state index is 12.7. The number of benzene rings is 1. The van der Waals surface area contributed by atoms with E-state index in [1.165, 1.54) is 0 Å². The normalized spacial score (nSPS) is 16.4. The lowest BCUT2D eigenvalue weighted by Crippen LogP contribution is -2.42. The molecule has 1 atom stereocenters. The lowest BCUT2D eigenvalue weighted by molar-refractivity contribution is -0.125. The third-order valence-corrected chi connectivity index (χ3v) is 5.37. The predicted molar refractivity (Wildman–Crippen MR) is 117 cm³/mol. The topological polar surface area (TPSA) is 122 Å². The minimum atomic E-state index is -0.231. The minimum Gasteiger partial charge on any atom is -0.467 e. The highest BCUT2D eigenvalue weighted by atomic mass is 16.3. The van der Waals surface area contributed by atoms with Crippen molar-refractivity contribution in [2.75, 3.05) is 17.6 Å². The van der Waals surface area contributed by atoms with Crippen molar-refractivity contribution in [2.24, 2.45) is 0 Å². The van der Waals surface area contributed by atoms with Crippen molar-refractivity contribution in [3.05, 3.63) is 59.8 Å². The first-order valence-corrected chi connectivity index (χ1v) is 10.5. The number of carbonyl (C=O) groups excluding carboxylic acids is 1. The molecule has 4 rings (SSSR count). The number of rotatable bonds is 8. The van der Waals surface area contributed by atoms with Gasteiger partial charge in [-0.25, -0.2) is 0 Å². The second kappa shape index (κ2) is 9.57. The van der Waals surface area contributed by atoms with Gasteiger partial charge in [-0.05, 0) is 49.6 Å². The predicted octanol–water partition coefficient (Wildman–Crippen LogP) is 2.63. The van der Waals surface area contributed by atoms with Gasteiger partial charge in [0.15, 0.2) is 0 Å². The summed E-state index contributed by atoms with van der Waals surface area (Å²) in [5.74, 6) is 1.80. The number of hydrogen-bond donors (Lipinski definition) is 3. The zero-order valence-corrected chi connectivity index (χ0v) is 17.5. The maximum absolute atomic E-state index is 12.7. The Hall–Kier alpha value is -3.46. The van der Waals surface area contributed by atoms with Crippen LogP contribution in [-0.4, -0.2) is 38.3 Å². The number of para-hydroxylation sites is 1. The van der Waals surface area contributed by atoms with Crippen LogP contribution >= 0.6 is 0 Å². The van der Waals surface area contributed by atoms with Crippen LogP contribution in [-0.2, 0) is 24.3 Å². The van der Waals surface area contributed by atoms with Crippen LogP contribution in [0.2, 0.25) is 0 Å². The SMILES string of the molecule is CCc1ccccc1Nc1nc(N)nc(CN2CCC[C@@H]2C(=O)NCc2ccco2)n1. The summed E-state index contributed by atoms with van der Waals surface area (Å²) in [5, 5.41) is 6.20. The third-order valence-electron chi connectivity index (χ3n) is 5.37. The van der Waals surface area contributed by atoms with Crippen molar-refractivity contribution >= 4 is 23.5 Å². The Bertz CT molecular complexity index is 1020. The molecule has 0 aliphatic carbocycles. The summed E-state index contributed by atoms with van der Waals surface area (Å²) in [6.07, 6.45) is 4.21. The van der Waals surface area contributed by atoms with Crippen LogP contribution in [0.15, 0.2) is 47.1 Å². The van der Waals surface area contributed by atoms with E-state index < -0.39 is 0 Å². The summed E-state index contributed by atoms with van der Waals surface area (Å²) >= 11 is 0. The molecule has 1 amide bonds. The van der Waals surface area contributed by atoms with Gasteiger partial charge >= 0.3 is 0 Å². The molecule has 1 saturated heterocycles. The Morgan fingerprint density at radius 2 is 2.10 bits per heavy atom. The largest absolute Gasteiger partial charge is 0.467 e. The van der Waals surface area contributed by atoms with Crippen molar-refractivity contribution in [2.45, 2.75) is 45.3 Å². The molecule has 1 aromatic carbocycles. The summed E-state index contributed by atoms with van der Waals surface area (Å²) in [7, 11) is 0. The number of carbonyl (C=O) groups is 1. The van der Waals surface area contributed by atoms with E-state index in [1.807, 2.05) is 24.3 Å². The van der Waals surface area contributed by atoms with E-state index in [4.69, 9.17) is 10.2 Å². The molecule has 2 aromatic heterocycles. The Morgan fingerprint density at radius 1 is 1.23 bits per heavy atom. The van der Waals surface area contributed by atoms with E-state index in [0.717, 1.165) is 42.8 Å². The fourth-order valence-corrected chi connectivity index (χ4v) is 3.83. The number of likely N-dealkylation sites (tertiary alicyclic amines) is 1. The van der Waals surface area contributed by atoms with E-state index in [0.29, 0.717) is 24.9 Å². The lowest BCUT2D eigenvalue weighted by atomic mass is 10.1. The Kier molecular flexibility index (Phi) is 6.42. The number of nitrogen functional groups attached to an aromatic ring is 1. The second-order valence-electron chi connectivity index (χ2n) is 7.49. The fraction of sp³-hybridized carbons (Fsp3) is 0.364. The molecule has 162 valence electrons. The van der Waals surface area contributed by atoms with Crippen LogP contribution in [0.1, 0.15) is 36.9 Å². The fourth-order valence-electron chi connectivity index (χ4n) is 3.83. The van der Waals surface area contributed by atoms with Gasteiger partial charge in [-0.3, -0.25) is 9.69 Å². The van der Waals surface area contributed by atoms with Crippen molar-refractivity contribution in [3.63, 3.8) is 0 Å². The van der Waals surface area contributed by atoms with Crippen LogP contribution in [0.4, 0.5) is 17.6 Å². The van der Waals surface area contributed by atoms with Crippen LogP contribution in [0, 0.1) is 0 Å². The summed E-state index contributed by atoms with van der Waals surface area (Å²) in [4.78, 5) is 27.8. The first kappa shape index (κ1) is 20.8. The molecule has 9 nitrogen and oxygen atoms in total. The number of hydrogen-bond acceptors (Lipinski definition) is 8. The molecule has 9 heteroatoms. The van der Waals surface area contributed by atoms with Gasteiger partial charge in [0.1, 0.15) is 11.6 Å². The third kappa shape index (κ3) is 5.18. The summed E-state index contributed by atoms with van der Waals surface area (Å²) in [6.45, 7) is 3.69. The van der Waals surface area contributed by atoms with Crippen molar-refractivity contribution in [1.82, 2.24) is 25.2 Å². The molecule has 0 saturated carbocycles. The zero-order valence-electron chi connectivity index (χ0n) is 17.5. The number of amides is 1. The van der Waals surface area contributed by atoms with Gasteiger partial charge < -0.3 is 20.8 Å². The molecule has 0 unspecified atom stereocenters. The monoisotopic (exact) mass is 421 g/mol. The molecular weight excluding hydrogens is 394 g/mol. The van der Waals surface area contributed by atoms with Crippen LogP contribution in [0.5, 0.6) is 0 Å². The van der Waals surface area contributed by atoms with Gasteiger partial charge in [-0.1, -0.05) is 25.1 Å². The molecule has 1 aliphatic heterocycles. The Labute approximate surface area is 181 Å². The molecule has 0 radical (unpaired) electrons. The van der Waals surface area contributed by atoms with Gasteiger partial charge in [0.25, 0.3) is 0 Å². The van der Waals surface area contributed by atoms with Crippen LogP contribution < -0.4 is 16.4 Å². The number of nitrogens with one attached hydrogen (secondary N) is 2. The number of aryl methyl sites for hydroxylation is 1. The number of aromatic nitrogens is 3. The quantitative estimate of drug-likeness (QED) is 0.507. The number of nitrogens with zero attached hydrogens (tertiary/aromatic N) is 4. The van der Waals surface area contributed by atoms with Gasteiger partial charge in [-0.15, -0.1) is 0 Å². The molecule has 4 N–H and O–H groups in total. The van der Waals surface area contributed by atoms with E-state index in [1.54, 1.807) is 12.3 Å². The van der Waals surface area contributed by atoms with Gasteiger partial charge in [0.05, 0.1) is 25.4 Å². The number of furan rings is 1. The highest BCUT2D eigenvalue weighted by Gasteiger charge is 2.31. The highest BCUT2D eigenvalue weighted by molar-refractivity contribution is 5.81. The average Bonchev–Trinajstić information content (AvgIpc) is 3.44. The average molecular weight is 422 g/mol. The molecule has 0 bridgehead atoms. The number of nitrogens with two attached hydrogens (primary N) is 1. The maximum Gasteiger partial charge on any atom is 0.237 e. The van der Waals surface area contributed by atoms with Gasteiger partial charge in [0.2, 0.25) is 17.8 Å². The number of anilines is 3.